The Balaban J connectivity index is 4.08. The van der Waals surface area contributed by atoms with E-state index in [1.165, 1.54) is 18.9 Å². The number of nitrogens with two attached hydrogens (primary N) is 1. The van der Waals surface area contributed by atoms with Crippen LogP contribution in [0.4, 0.5) is 0 Å². The Labute approximate surface area is 83.2 Å². The number of hydrogen-bond acceptors (Lipinski definition) is 6. The van der Waals surface area contributed by atoms with Crippen molar-refractivity contribution in [1.82, 2.24) is 5.06 Å². The maximum atomic E-state index is 11.3. The number of carbonyl (C=O) groups excluding carboxylic acids is 1. The van der Waals surface area contributed by atoms with Gasteiger partial charge in [-0.05, 0) is 13.8 Å². The second-order valence-corrected chi connectivity index (χ2v) is 3.48. The van der Waals surface area contributed by atoms with Gasteiger partial charge in [-0.1, -0.05) is 0 Å². The Morgan fingerprint density at radius 3 is 2.07 bits per heavy atom. The third-order valence-electron chi connectivity index (χ3n) is 1.44. The number of aliphatic hydroxyl groups is 2. The number of nitrogens with zero attached hydrogens (tertiary/aromatic N) is 1. The van der Waals surface area contributed by atoms with E-state index in [0.29, 0.717) is 0 Å². The molecular formula is C8H18N2O4. The minimum absolute atomic E-state index is 0.154. The molecule has 0 aliphatic rings. The maximum Gasteiger partial charge on any atom is 0.344 e. The van der Waals surface area contributed by atoms with Gasteiger partial charge in [0.15, 0.2) is 0 Å². The Morgan fingerprint density at radius 2 is 1.79 bits per heavy atom. The molecule has 6 nitrogen and oxygen atoms in total. The summed E-state index contributed by atoms with van der Waals surface area (Å²) in [7, 11) is 0. The SMILES string of the molecule is CC(C)(N)C(=O)ON(CCO)CCO. The molecule has 0 rings (SSSR count). The number of hydrogen-bond donors (Lipinski definition) is 3. The maximum absolute atomic E-state index is 11.3. The highest BCUT2D eigenvalue weighted by Gasteiger charge is 2.26. The molecule has 0 fully saturated rings. The summed E-state index contributed by atoms with van der Waals surface area (Å²) in [5.41, 5.74) is 4.41. The smallest absolute Gasteiger partial charge is 0.344 e. The van der Waals surface area contributed by atoms with Crippen molar-refractivity contribution in [3.63, 3.8) is 0 Å². The summed E-state index contributed by atoms with van der Waals surface area (Å²) >= 11 is 0. The van der Waals surface area contributed by atoms with Crippen LogP contribution in [0.15, 0.2) is 0 Å². The summed E-state index contributed by atoms with van der Waals surface area (Å²) in [5, 5.41) is 18.4. The molecule has 0 spiro atoms. The van der Waals surface area contributed by atoms with E-state index in [1.54, 1.807) is 0 Å². The quantitative estimate of drug-likeness (QED) is 0.456. The zero-order valence-electron chi connectivity index (χ0n) is 8.56. The van der Waals surface area contributed by atoms with Crippen molar-refractivity contribution in [1.29, 1.82) is 0 Å². The van der Waals surface area contributed by atoms with Gasteiger partial charge < -0.3 is 20.8 Å². The topological polar surface area (TPSA) is 96.0 Å². The molecule has 0 heterocycles. The molecule has 0 amide bonds. The predicted octanol–water partition coefficient (Wildman–Crippen LogP) is -1.53. The molecule has 0 aromatic carbocycles. The van der Waals surface area contributed by atoms with Crippen molar-refractivity contribution in [2.24, 2.45) is 5.73 Å². The fourth-order valence-corrected chi connectivity index (χ4v) is 0.661. The van der Waals surface area contributed by atoms with E-state index >= 15 is 0 Å². The summed E-state index contributed by atoms with van der Waals surface area (Å²) in [4.78, 5) is 16.1. The first-order chi connectivity index (χ1) is 6.41. The lowest BCUT2D eigenvalue weighted by Gasteiger charge is -2.24. The van der Waals surface area contributed by atoms with Gasteiger partial charge in [0.1, 0.15) is 5.54 Å². The Kier molecular flexibility index (Phi) is 5.63. The molecule has 0 aromatic rings. The summed E-state index contributed by atoms with van der Waals surface area (Å²) in [6.45, 7) is 3.04. The molecule has 84 valence electrons. The van der Waals surface area contributed by atoms with E-state index in [4.69, 9.17) is 20.8 Å². The molecule has 0 bridgehead atoms. The van der Waals surface area contributed by atoms with E-state index in [-0.39, 0.29) is 26.3 Å². The molecule has 0 saturated carbocycles. The van der Waals surface area contributed by atoms with Crippen molar-refractivity contribution in [3.8, 4) is 0 Å². The van der Waals surface area contributed by atoms with Gasteiger partial charge in [0.2, 0.25) is 0 Å². The van der Waals surface area contributed by atoms with Crippen LogP contribution in [-0.4, -0.2) is 53.1 Å². The van der Waals surface area contributed by atoms with Crippen LogP contribution in [0.1, 0.15) is 13.8 Å². The van der Waals surface area contributed by atoms with Gasteiger partial charge in [-0.3, -0.25) is 0 Å². The van der Waals surface area contributed by atoms with E-state index in [9.17, 15) is 4.79 Å². The third-order valence-corrected chi connectivity index (χ3v) is 1.44. The molecule has 0 saturated heterocycles. The van der Waals surface area contributed by atoms with Crippen LogP contribution in [-0.2, 0) is 9.63 Å². The van der Waals surface area contributed by atoms with Crippen LogP contribution in [0.5, 0.6) is 0 Å². The highest BCUT2D eigenvalue weighted by atomic mass is 16.7. The van der Waals surface area contributed by atoms with Gasteiger partial charge in [-0.2, -0.15) is 0 Å². The van der Waals surface area contributed by atoms with Gasteiger partial charge in [-0.15, -0.1) is 5.06 Å². The zero-order chi connectivity index (χ0) is 11.2. The highest BCUT2D eigenvalue weighted by molar-refractivity contribution is 5.79. The predicted molar refractivity (Wildman–Crippen MR) is 50.1 cm³/mol. The first kappa shape index (κ1) is 13.3. The molecule has 0 radical (unpaired) electrons. The van der Waals surface area contributed by atoms with Crippen LogP contribution >= 0.6 is 0 Å². The molecule has 4 N–H and O–H groups in total. The standard InChI is InChI=1S/C8H18N2O4/c1-8(2,9)7(13)14-10(3-5-11)4-6-12/h11-12H,3-6,9H2,1-2H3. The summed E-state index contributed by atoms with van der Waals surface area (Å²) < 4.78 is 0. The second kappa shape index (κ2) is 5.92. The van der Waals surface area contributed by atoms with Crippen molar-refractivity contribution < 1.29 is 19.8 Å². The third kappa shape index (κ3) is 5.13. The zero-order valence-corrected chi connectivity index (χ0v) is 8.56. The van der Waals surface area contributed by atoms with E-state index in [0.717, 1.165) is 0 Å². The summed E-state index contributed by atoms with van der Waals surface area (Å²) in [6, 6.07) is 0. The molecule has 0 aromatic heterocycles. The van der Waals surface area contributed by atoms with E-state index in [2.05, 4.69) is 0 Å². The number of hydroxylamine groups is 2. The van der Waals surface area contributed by atoms with Gasteiger partial charge in [0.25, 0.3) is 0 Å². The average molecular weight is 206 g/mol. The fourth-order valence-electron chi connectivity index (χ4n) is 0.661. The van der Waals surface area contributed by atoms with Gasteiger partial charge in [-0.25, -0.2) is 4.79 Å². The molecule has 14 heavy (non-hydrogen) atoms. The number of aliphatic hydroxyl groups excluding tert-OH is 2. The van der Waals surface area contributed by atoms with Crippen molar-refractivity contribution in [2.75, 3.05) is 26.3 Å². The molecule has 6 heteroatoms. The van der Waals surface area contributed by atoms with Crippen LogP contribution in [0.3, 0.4) is 0 Å². The minimum atomic E-state index is -1.08. The summed E-state index contributed by atoms with van der Waals surface area (Å²) in [6.07, 6.45) is 0. The lowest BCUT2D eigenvalue weighted by atomic mass is 10.1. The molecular weight excluding hydrogens is 188 g/mol. The van der Waals surface area contributed by atoms with Crippen LogP contribution in [0.2, 0.25) is 0 Å². The Hall–Kier alpha value is -0.690. The van der Waals surface area contributed by atoms with Crippen molar-refractivity contribution in [3.05, 3.63) is 0 Å². The van der Waals surface area contributed by atoms with Gasteiger partial charge in [0, 0.05) is 0 Å². The molecule has 0 unspecified atom stereocenters. The molecule has 0 aliphatic carbocycles. The minimum Gasteiger partial charge on any atom is -0.395 e. The van der Waals surface area contributed by atoms with Gasteiger partial charge >= 0.3 is 5.97 Å². The van der Waals surface area contributed by atoms with Crippen LogP contribution < -0.4 is 5.73 Å². The summed E-state index contributed by atoms with van der Waals surface area (Å²) in [5.74, 6) is -0.598. The second-order valence-electron chi connectivity index (χ2n) is 3.48. The van der Waals surface area contributed by atoms with Crippen molar-refractivity contribution >= 4 is 5.97 Å². The number of carbonyl (C=O) groups is 1. The lowest BCUT2D eigenvalue weighted by Crippen LogP contribution is -2.46. The van der Waals surface area contributed by atoms with E-state index in [1.807, 2.05) is 0 Å². The Bertz CT molecular complexity index is 173. The highest BCUT2D eigenvalue weighted by Crippen LogP contribution is 2.02. The van der Waals surface area contributed by atoms with Crippen LogP contribution in [0.25, 0.3) is 0 Å². The monoisotopic (exact) mass is 206 g/mol. The van der Waals surface area contributed by atoms with E-state index < -0.39 is 11.5 Å². The molecule has 0 atom stereocenters. The average Bonchev–Trinajstić information content (AvgIpc) is 2.03. The largest absolute Gasteiger partial charge is 0.395 e. The normalized spacial score (nSPS) is 11.9. The van der Waals surface area contributed by atoms with Crippen LogP contribution in [0, 0.1) is 0 Å². The first-order valence-electron chi connectivity index (χ1n) is 4.39. The fraction of sp³-hybridized carbons (Fsp3) is 0.875. The number of rotatable bonds is 6. The first-order valence-corrected chi connectivity index (χ1v) is 4.39. The lowest BCUT2D eigenvalue weighted by molar-refractivity contribution is -0.199. The van der Waals surface area contributed by atoms with Gasteiger partial charge in [0.05, 0.1) is 26.3 Å². The molecule has 0 aliphatic heterocycles. The van der Waals surface area contributed by atoms with Crippen molar-refractivity contribution in [2.45, 2.75) is 19.4 Å². The Morgan fingerprint density at radius 1 is 1.36 bits per heavy atom.